The smallest absolute Gasteiger partial charge is 0.143 e. The molecule has 10 aromatic rings. The van der Waals surface area contributed by atoms with Crippen molar-refractivity contribution in [3.05, 3.63) is 200 Å². The van der Waals surface area contributed by atoms with Crippen molar-refractivity contribution in [2.24, 2.45) is 0 Å². The average Bonchev–Trinajstić information content (AvgIpc) is 3.79. The lowest BCUT2D eigenvalue weighted by Gasteiger charge is -2.26. The Labute approximate surface area is 333 Å². The van der Waals surface area contributed by atoms with Crippen LogP contribution in [0.15, 0.2) is 204 Å². The highest BCUT2D eigenvalue weighted by Crippen LogP contribution is 2.45. The molecule has 9 aromatic carbocycles. The van der Waals surface area contributed by atoms with Gasteiger partial charge >= 0.3 is 0 Å². The van der Waals surface area contributed by atoms with Gasteiger partial charge in [-0.25, -0.2) is 0 Å². The highest BCUT2D eigenvalue weighted by molar-refractivity contribution is 6.19. The Balaban J connectivity index is 1.30. The van der Waals surface area contributed by atoms with Crippen molar-refractivity contribution in [3.8, 4) is 33.4 Å². The summed E-state index contributed by atoms with van der Waals surface area (Å²) in [5, 5.41) is 0.496. The molecule has 0 amide bonds. The lowest BCUT2D eigenvalue weighted by Crippen LogP contribution is -2.10. The lowest BCUT2D eigenvalue weighted by molar-refractivity contribution is 0.672. The first kappa shape index (κ1) is 15.1. The molecule has 0 saturated carbocycles. The second-order valence-electron chi connectivity index (χ2n) is 11.7. The van der Waals surface area contributed by atoms with E-state index in [0.717, 1.165) is 21.2 Å². The molecule has 0 aliphatic rings. The highest BCUT2D eigenvalue weighted by atomic mass is 16.3. The van der Waals surface area contributed by atoms with Crippen LogP contribution in [-0.2, 0) is 0 Å². The van der Waals surface area contributed by atoms with Crippen molar-refractivity contribution in [2.75, 3.05) is 4.90 Å². The topological polar surface area (TPSA) is 16.4 Å². The van der Waals surface area contributed by atoms with Crippen LogP contribution in [-0.4, -0.2) is 0 Å². The number of anilines is 3. The van der Waals surface area contributed by atoms with E-state index in [2.05, 4.69) is 0 Å². The summed E-state index contributed by atoms with van der Waals surface area (Å²) in [5.41, 5.74) is -3.35. The van der Waals surface area contributed by atoms with E-state index in [-0.39, 0.29) is 27.2 Å². The summed E-state index contributed by atoms with van der Waals surface area (Å²) < 4.78 is 202. The molecule has 0 unspecified atom stereocenters. The van der Waals surface area contributed by atoms with Gasteiger partial charge in [-0.15, -0.1) is 0 Å². The lowest BCUT2D eigenvalue weighted by atomic mass is 9.99. The van der Waals surface area contributed by atoms with Gasteiger partial charge in [0.25, 0.3) is 0 Å². The number of fused-ring (bicyclic) bond motifs is 6. The standard InChI is InChI=1S/C50H33NO/c1-2-9-34(10-3-1)36-17-19-37(20-18-36)38-23-28-43(29-24-38)51(44-30-25-39(26-31-44)42-22-21-35-11-4-5-13-41(35)33-42)47-15-8-16-48-49(47)46-32-27-40-12-6-7-14-45(40)50(46)52-48/h1-33H/i1D,2D,3D,6D,7D,8D,9D,10D,12D,14D,15D,16D,17D,18D,19D,20D,23D,24D,27D,28D,29D,32D. The van der Waals surface area contributed by atoms with Crippen molar-refractivity contribution in [1.29, 1.82) is 0 Å². The Morgan fingerprint density at radius 3 is 1.83 bits per heavy atom. The van der Waals surface area contributed by atoms with Crippen LogP contribution in [0.4, 0.5) is 17.1 Å². The third-order valence-corrected chi connectivity index (χ3v) is 8.62. The minimum absolute atomic E-state index is 0.0110. The Morgan fingerprint density at radius 1 is 0.404 bits per heavy atom. The van der Waals surface area contributed by atoms with E-state index < -0.39 is 178 Å². The van der Waals surface area contributed by atoms with Crippen molar-refractivity contribution in [2.45, 2.75) is 0 Å². The molecular weight excluding hydrogens is 631 g/mol. The van der Waals surface area contributed by atoms with E-state index in [4.69, 9.17) is 26.3 Å². The molecule has 1 heterocycles. The summed E-state index contributed by atoms with van der Waals surface area (Å²) in [6.07, 6.45) is 0. The third kappa shape index (κ3) is 5.21. The summed E-state index contributed by atoms with van der Waals surface area (Å²) in [4.78, 5) is 1.07. The minimum Gasteiger partial charge on any atom is -0.455 e. The van der Waals surface area contributed by atoms with Gasteiger partial charge in [0, 0.05) is 22.1 Å². The molecule has 10 rings (SSSR count). The Bertz CT molecular complexity index is 4080. The largest absolute Gasteiger partial charge is 0.455 e. The van der Waals surface area contributed by atoms with Crippen LogP contribution >= 0.6 is 0 Å². The normalized spacial score (nSPS) is 17.4. The molecule has 1 aromatic heterocycles. The first-order valence-electron chi connectivity index (χ1n) is 27.0. The van der Waals surface area contributed by atoms with Gasteiger partial charge in [0.2, 0.25) is 0 Å². The molecule has 0 radical (unpaired) electrons. The van der Waals surface area contributed by atoms with Crippen molar-refractivity contribution in [1.82, 2.24) is 0 Å². The van der Waals surface area contributed by atoms with E-state index in [9.17, 15) is 8.22 Å². The number of benzene rings is 9. The minimum atomic E-state index is -0.938. The molecule has 0 aliphatic carbocycles. The van der Waals surface area contributed by atoms with E-state index in [1.807, 2.05) is 42.5 Å². The molecule has 0 bridgehead atoms. The third-order valence-electron chi connectivity index (χ3n) is 8.62. The molecule has 244 valence electrons. The van der Waals surface area contributed by atoms with Gasteiger partial charge in [-0.05, 0) is 98.0 Å². The van der Waals surface area contributed by atoms with Crippen LogP contribution in [0.3, 0.4) is 0 Å². The Kier molecular flexibility index (Phi) is 3.63. The van der Waals surface area contributed by atoms with Crippen molar-refractivity contribution in [3.63, 3.8) is 0 Å². The second-order valence-corrected chi connectivity index (χ2v) is 11.7. The van der Waals surface area contributed by atoms with Crippen LogP contribution < -0.4 is 4.90 Å². The fourth-order valence-electron chi connectivity index (χ4n) is 6.14. The zero-order chi connectivity index (χ0) is 53.6. The molecule has 0 atom stereocenters. The summed E-state index contributed by atoms with van der Waals surface area (Å²) in [6, 6.07) is 2.01. The molecule has 2 nitrogen and oxygen atoms in total. The van der Waals surface area contributed by atoms with Gasteiger partial charge < -0.3 is 9.32 Å². The van der Waals surface area contributed by atoms with Crippen LogP contribution in [0.1, 0.15) is 30.2 Å². The van der Waals surface area contributed by atoms with Crippen molar-refractivity contribution < 1.29 is 34.6 Å². The average molecular weight is 686 g/mol. The molecule has 52 heavy (non-hydrogen) atoms. The molecule has 0 saturated heterocycles. The number of nitrogens with zero attached hydrogens (tertiary/aromatic N) is 1. The summed E-state index contributed by atoms with van der Waals surface area (Å²) in [5.74, 6) is 0. The van der Waals surface area contributed by atoms with Gasteiger partial charge in [-0.2, -0.15) is 0 Å². The SMILES string of the molecule is [2H]c1c([2H])c([2H])c(-c2c([2H])c([2H])c(-c3c([2H])c([2H])c(N(c4ccc(-c5ccc6ccccc6c5)cc4)c4c([2H])c([2H])c([2H])c5oc6c7c([2H])c([2H])c([2H])c([2H])c7c([2H])c([2H])c6c45)c([2H])c3[2H])c([2H])c2[2H])c([2H])c1[2H]. The van der Waals surface area contributed by atoms with E-state index in [0.29, 0.717) is 5.56 Å². The first-order chi connectivity index (χ1) is 34.9. The molecule has 0 aliphatic heterocycles. The quantitative estimate of drug-likeness (QED) is 0.173. The van der Waals surface area contributed by atoms with Crippen LogP contribution in [0.5, 0.6) is 0 Å². The predicted molar refractivity (Wildman–Crippen MR) is 220 cm³/mol. The highest BCUT2D eigenvalue weighted by Gasteiger charge is 2.20. The van der Waals surface area contributed by atoms with Gasteiger partial charge in [0.1, 0.15) is 11.2 Å². The molecular formula is C50H33NO. The summed E-state index contributed by atoms with van der Waals surface area (Å²) in [7, 11) is 0. The number of hydrogen-bond acceptors (Lipinski definition) is 2. The summed E-state index contributed by atoms with van der Waals surface area (Å²) >= 11 is 0. The number of rotatable bonds is 6. The van der Waals surface area contributed by atoms with Gasteiger partial charge in [-0.3, -0.25) is 0 Å². The van der Waals surface area contributed by atoms with Crippen LogP contribution in [0.25, 0.3) is 76.9 Å². The summed E-state index contributed by atoms with van der Waals surface area (Å²) in [6.45, 7) is 0. The second kappa shape index (κ2) is 12.5. The van der Waals surface area contributed by atoms with Crippen LogP contribution in [0, 0.1) is 0 Å². The van der Waals surface area contributed by atoms with E-state index in [1.165, 1.54) is 12.1 Å². The molecule has 2 heteroatoms. The van der Waals surface area contributed by atoms with Gasteiger partial charge in [-0.1, -0.05) is 151 Å². The van der Waals surface area contributed by atoms with E-state index in [1.54, 1.807) is 12.1 Å². The fraction of sp³-hybridized carbons (Fsp3) is 0. The first-order valence-corrected chi connectivity index (χ1v) is 16.0. The monoisotopic (exact) mass is 685 g/mol. The molecule has 0 spiro atoms. The van der Waals surface area contributed by atoms with E-state index >= 15 is 0 Å². The maximum absolute atomic E-state index is 9.66. The van der Waals surface area contributed by atoms with Gasteiger partial charge in [0.05, 0.1) is 41.2 Å². The number of furan rings is 1. The maximum atomic E-state index is 9.66. The molecule has 0 N–H and O–H groups in total. The van der Waals surface area contributed by atoms with Crippen LogP contribution in [0.2, 0.25) is 0 Å². The fourth-order valence-corrected chi connectivity index (χ4v) is 6.14. The Hall–Kier alpha value is -6.90. The maximum Gasteiger partial charge on any atom is 0.143 e. The van der Waals surface area contributed by atoms with Crippen molar-refractivity contribution >= 4 is 60.5 Å². The molecule has 0 fully saturated rings. The van der Waals surface area contributed by atoms with Gasteiger partial charge in [0.15, 0.2) is 0 Å². The predicted octanol–water partition coefficient (Wildman–Crippen LogP) is 14.4. The number of hydrogen-bond donors (Lipinski definition) is 0. The zero-order valence-electron chi connectivity index (χ0n) is 48.7. The zero-order valence-corrected chi connectivity index (χ0v) is 26.7. The Morgan fingerprint density at radius 2 is 1.06 bits per heavy atom.